The molecule has 0 bridgehead atoms. The molecule has 1 saturated heterocycles. The van der Waals surface area contributed by atoms with Gasteiger partial charge in [-0.25, -0.2) is 4.79 Å². The zero-order valence-electron chi connectivity index (χ0n) is 10.3. The normalized spacial score (nSPS) is 21.4. The van der Waals surface area contributed by atoms with Gasteiger partial charge in [-0.1, -0.05) is 6.92 Å². The SMILES string of the molecule is CC(CN(C)C(=O)N1CCCC1CO)C(=O)O. The van der Waals surface area contributed by atoms with Gasteiger partial charge in [-0.05, 0) is 12.8 Å². The number of likely N-dealkylation sites (tertiary alicyclic amines) is 1. The minimum Gasteiger partial charge on any atom is -0.481 e. The average Bonchev–Trinajstić information content (AvgIpc) is 2.75. The Balaban J connectivity index is 2.54. The number of hydrogen-bond donors (Lipinski definition) is 2. The first-order chi connectivity index (χ1) is 7.97. The molecule has 6 heteroatoms. The number of urea groups is 1. The van der Waals surface area contributed by atoms with Crippen LogP contribution in [-0.2, 0) is 4.79 Å². The van der Waals surface area contributed by atoms with E-state index in [2.05, 4.69) is 0 Å². The number of carboxylic acids is 1. The fraction of sp³-hybridized carbons (Fsp3) is 0.818. The summed E-state index contributed by atoms with van der Waals surface area (Å²) in [7, 11) is 1.59. The van der Waals surface area contributed by atoms with Gasteiger partial charge < -0.3 is 20.0 Å². The topological polar surface area (TPSA) is 81.1 Å². The predicted octanol–water partition coefficient (Wildman–Crippen LogP) is 0.216. The molecule has 0 aromatic heterocycles. The van der Waals surface area contributed by atoms with E-state index in [1.165, 1.54) is 4.90 Å². The van der Waals surface area contributed by atoms with Crippen molar-refractivity contribution in [1.82, 2.24) is 9.80 Å². The molecule has 0 aromatic carbocycles. The second kappa shape index (κ2) is 5.86. The molecule has 0 spiro atoms. The highest BCUT2D eigenvalue weighted by atomic mass is 16.4. The third kappa shape index (κ3) is 3.33. The molecule has 2 amide bonds. The molecule has 1 heterocycles. The van der Waals surface area contributed by atoms with Gasteiger partial charge in [0.25, 0.3) is 0 Å². The summed E-state index contributed by atoms with van der Waals surface area (Å²) in [4.78, 5) is 25.8. The number of aliphatic hydroxyl groups is 1. The van der Waals surface area contributed by atoms with Crippen LogP contribution in [0.5, 0.6) is 0 Å². The molecule has 2 unspecified atom stereocenters. The number of amides is 2. The van der Waals surface area contributed by atoms with Crippen LogP contribution >= 0.6 is 0 Å². The Bertz CT molecular complexity index is 295. The van der Waals surface area contributed by atoms with E-state index >= 15 is 0 Å². The molecular formula is C11H20N2O4. The smallest absolute Gasteiger partial charge is 0.320 e. The number of carboxylic acid groups (broad SMARTS) is 1. The first kappa shape index (κ1) is 13.8. The highest BCUT2D eigenvalue weighted by Crippen LogP contribution is 2.18. The van der Waals surface area contributed by atoms with Gasteiger partial charge in [0.05, 0.1) is 18.6 Å². The zero-order valence-corrected chi connectivity index (χ0v) is 10.3. The van der Waals surface area contributed by atoms with Gasteiger partial charge in [0, 0.05) is 20.1 Å². The Labute approximate surface area is 101 Å². The van der Waals surface area contributed by atoms with Crippen LogP contribution in [0.15, 0.2) is 0 Å². The molecule has 2 N–H and O–H groups in total. The summed E-state index contributed by atoms with van der Waals surface area (Å²) in [6, 6.07) is -0.320. The number of carbonyl (C=O) groups excluding carboxylic acids is 1. The van der Waals surface area contributed by atoms with E-state index in [0.717, 1.165) is 12.8 Å². The van der Waals surface area contributed by atoms with Crippen molar-refractivity contribution in [1.29, 1.82) is 0 Å². The van der Waals surface area contributed by atoms with Gasteiger partial charge in [-0.15, -0.1) is 0 Å². The Morgan fingerprint density at radius 2 is 2.18 bits per heavy atom. The second-order valence-electron chi connectivity index (χ2n) is 4.57. The van der Waals surface area contributed by atoms with E-state index in [-0.39, 0.29) is 25.2 Å². The lowest BCUT2D eigenvalue weighted by Crippen LogP contribution is -2.46. The van der Waals surface area contributed by atoms with Crippen molar-refractivity contribution in [2.75, 3.05) is 26.7 Å². The first-order valence-electron chi connectivity index (χ1n) is 5.82. The van der Waals surface area contributed by atoms with E-state index in [1.54, 1.807) is 18.9 Å². The van der Waals surface area contributed by atoms with Crippen LogP contribution in [0.25, 0.3) is 0 Å². The molecule has 0 saturated carbocycles. The molecule has 2 atom stereocenters. The van der Waals surface area contributed by atoms with Crippen molar-refractivity contribution in [3.8, 4) is 0 Å². The van der Waals surface area contributed by atoms with Crippen LogP contribution in [0.4, 0.5) is 4.79 Å². The summed E-state index contributed by atoms with van der Waals surface area (Å²) in [6.45, 7) is 2.35. The number of hydrogen-bond acceptors (Lipinski definition) is 3. The molecule has 17 heavy (non-hydrogen) atoms. The average molecular weight is 244 g/mol. The van der Waals surface area contributed by atoms with Crippen molar-refractivity contribution >= 4 is 12.0 Å². The van der Waals surface area contributed by atoms with Gasteiger partial charge >= 0.3 is 12.0 Å². The monoisotopic (exact) mass is 244 g/mol. The molecule has 0 aliphatic carbocycles. The molecular weight excluding hydrogens is 224 g/mol. The Morgan fingerprint density at radius 3 is 2.71 bits per heavy atom. The first-order valence-corrected chi connectivity index (χ1v) is 5.82. The van der Waals surface area contributed by atoms with Gasteiger partial charge in [0.1, 0.15) is 0 Å². The third-order valence-corrected chi connectivity index (χ3v) is 3.13. The quantitative estimate of drug-likeness (QED) is 0.741. The number of rotatable bonds is 4. The summed E-state index contributed by atoms with van der Waals surface area (Å²) in [5, 5.41) is 17.9. The van der Waals surface area contributed by atoms with Crippen molar-refractivity contribution in [2.45, 2.75) is 25.8 Å². The number of nitrogens with zero attached hydrogens (tertiary/aromatic N) is 2. The van der Waals surface area contributed by atoms with Gasteiger partial charge in [-0.3, -0.25) is 4.79 Å². The molecule has 1 aliphatic rings. The lowest BCUT2D eigenvalue weighted by atomic mass is 10.2. The summed E-state index contributed by atoms with van der Waals surface area (Å²) < 4.78 is 0. The highest BCUT2D eigenvalue weighted by Gasteiger charge is 2.30. The van der Waals surface area contributed by atoms with Crippen molar-refractivity contribution in [2.24, 2.45) is 5.92 Å². The zero-order chi connectivity index (χ0) is 13.0. The molecule has 6 nitrogen and oxygen atoms in total. The summed E-state index contributed by atoms with van der Waals surface area (Å²) in [5.74, 6) is -1.50. The number of aliphatic carboxylic acids is 1. The largest absolute Gasteiger partial charge is 0.481 e. The maximum atomic E-state index is 12.0. The van der Waals surface area contributed by atoms with E-state index < -0.39 is 11.9 Å². The van der Waals surface area contributed by atoms with Crippen LogP contribution in [0.1, 0.15) is 19.8 Å². The van der Waals surface area contributed by atoms with Gasteiger partial charge in [-0.2, -0.15) is 0 Å². The van der Waals surface area contributed by atoms with E-state index in [1.807, 2.05) is 0 Å². The molecule has 98 valence electrons. The second-order valence-corrected chi connectivity index (χ2v) is 4.57. The van der Waals surface area contributed by atoms with E-state index in [4.69, 9.17) is 10.2 Å². The fourth-order valence-electron chi connectivity index (χ4n) is 2.06. The highest BCUT2D eigenvalue weighted by molar-refractivity contribution is 5.76. The predicted molar refractivity (Wildman–Crippen MR) is 61.6 cm³/mol. The maximum absolute atomic E-state index is 12.0. The number of carbonyl (C=O) groups is 2. The summed E-state index contributed by atoms with van der Waals surface area (Å²) in [5.41, 5.74) is 0. The molecule has 0 radical (unpaired) electrons. The molecule has 1 rings (SSSR count). The van der Waals surface area contributed by atoms with Crippen LogP contribution in [0.3, 0.4) is 0 Å². The lowest BCUT2D eigenvalue weighted by Gasteiger charge is -2.29. The lowest BCUT2D eigenvalue weighted by molar-refractivity contribution is -0.141. The maximum Gasteiger partial charge on any atom is 0.320 e. The Kier molecular flexibility index (Phi) is 4.74. The fourth-order valence-corrected chi connectivity index (χ4v) is 2.06. The van der Waals surface area contributed by atoms with Crippen molar-refractivity contribution < 1.29 is 19.8 Å². The van der Waals surface area contributed by atoms with Crippen LogP contribution in [-0.4, -0.2) is 64.8 Å². The number of aliphatic hydroxyl groups excluding tert-OH is 1. The van der Waals surface area contributed by atoms with Gasteiger partial charge in [0.2, 0.25) is 0 Å². The van der Waals surface area contributed by atoms with Crippen LogP contribution < -0.4 is 0 Å². The van der Waals surface area contributed by atoms with E-state index in [9.17, 15) is 9.59 Å². The van der Waals surface area contributed by atoms with Crippen LogP contribution in [0.2, 0.25) is 0 Å². The Hall–Kier alpha value is -1.30. The van der Waals surface area contributed by atoms with E-state index in [0.29, 0.717) is 6.54 Å². The van der Waals surface area contributed by atoms with Gasteiger partial charge in [0.15, 0.2) is 0 Å². The Morgan fingerprint density at radius 1 is 1.53 bits per heavy atom. The molecule has 1 aliphatic heterocycles. The summed E-state index contributed by atoms with van der Waals surface area (Å²) in [6.07, 6.45) is 1.70. The third-order valence-electron chi connectivity index (χ3n) is 3.13. The summed E-state index contributed by atoms with van der Waals surface area (Å²) >= 11 is 0. The molecule has 0 aromatic rings. The standard InChI is InChI=1S/C11H20N2O4/c1-8(10(15)16)6-12(2)11(17)13-5-3-4-9(13)7-14/h8-9,14H,3-7H2,1-2H3,(H,15,16). The van der Waals surface area contributed by atoms with Crippen molar-refractivity contribution in [3.05, 3.63) is 0 Å². The minimum atomic E-state index is -0.912. The molecule has 1 fully saturated rings. The minimum absolute atomic E-state index is 0.0337. The van der Waals surface area contributed by atoms with Crippen molar-refractivity contribution in [3.63, 3.8) is 0 Å². The van der Waals surface area contributed by atoms with Crippen LogP contribution in [0, 0.1) is 5.92 Å².